The third-order valence-corrected chi connectivity index (χ3v) is 4.35. The van der Waals surface area contributed by atoms with E-state index in [1.807, 2.05) is 0 Å². The lowest BCUT2D eigenvalue weighted by Gasteiger charge is -2.23. The minimum Gasteiger partial charge on any atom is -0.476 e. The predicted molar refractivity (Wildman–Crippen MR) is 74.3 cm³/mol. The quantitative estimate of drug-likeness (QED) is 0.904. The van der Waals surface area contributed by atoms with Gasteiger partial charge in [0, 0.05) is 18.3 Å². The molecule has 104 valence electrons. The molecule has 3 rings (SSSR count). The Hall–Kier alpha value is -1.16. The van der Waals surface area contributed by atoms with Crippen molar-refractivity contribution in [3.05, 3.63) is 18.1 Å². The number of piperidine rings is 1. The molecule has 0 aromatic carbocycles. The summed E-state index contributed by atoms with van der Waals surface area (Å²) in [4.78, 5) is 8.93. The summed E-state index contributed by atoms with van der Waals surface area (Å²) in [6, 6.07) is 0. The van der Waals surface area contributed by atoms with Crippen molar-refractivity contribution < 1.29 is 4.74 Å². The Morgan fingerprint density at radius 1 is 1.05 bits per heavy atom. The first-order chi connectivity index (χ1) is 9.43. The van der Waals surface area contributed by atoms with Gasteiger partial charge in [0.1, 0.15) is 5.69 Å². The first kappa shape index (κ1) is 12.9. The van der Waals surface area contributed by atoms with E-state index in [-0.39, 0.29) is 0 Å². The Balaban J connectivity index is 1.62. The Morgan fingerprint density at radius 3 is 2.58 bits per heavy atom. The van der Waals surface area contributed by atoms with Crippen molar-refractivity contribution >= 4 is 0 Å². The zero-order valence-electron chi connectivity index (χ0n) is 11.5. The molecule has 1 N–H and O–H groups in total. The topological polar surface area (TPSA) is 47.0 Å². The zero-order valence-corrected chi connectivity index (χ0v) is 11.5. The third-order valence-electron chi connectivity index (χ3n) is 4.35. The average molecular weight is 261 g/mol. The fourth-order valence-corrected chi connectivity index (χ4v) is 3.17. The molecule has 0 atom stereocenters. The first-order valence-electron chi connectivity index (χ1n) is 7.58. The van der Waals surface area contributed by atoms with Crippen molar-refractivity contribution in [2.24, 2.45) is 5.92 Å². The van der Waals surface area contributed by atoms with Crippen LogP contribution in [0.25, 0.3) is 0 Å². The Morgan fingerprint density at radius 2 is 1.79 bits per heavy atom. The van der Waals surface area contributed by atoms with Crippen LogP contribution < -0.4 is 10.1 Å². The lowest BCUT2D eigenvalue weighted by molar-refractivity contribution is 0.205. The van der Waals surface area contributed by atoms with Crippen molar-refractivity contribution in [2.45, 2.75) is 44.4 Å². The molecule has 1 aliphatic carbocycles. The maximum atomic E-state index is 5.99. The molecule has 19 heavy (non-hydrogen) atoms. The highest BCUT2D eigenvalue weighted by Crippen LogP contribution is 2.36. The summed E-state index contributed by atoms with van der Waals surface area (Å²) in [7, 11) is 0. The molecule has 1 aliphatic heterocycles. The predicted octanol–water partition coefficient (Wildman–Crippen LogP) is 2.51. The molecule has 1 saturated carbocycles. The zero-order chi connectivity index (χ0) is 12.9. The molecule has 1 aromatic heterocycles. The molecule has 2 heterocycles. The minimum atomic E-state index is 0.566. The molecule has 4 heteroatoms. The van der Waals surface area contributed by atoms with E-state index >= 15 is 0 Å². The van der Waals surface area contributed by atoms with Crippen LogP contribution in [0.15, 0.2) is 12.4 Å². The number of aromatic nitrogens is 2. The molecule has 0 bridgehead atoms. The van der Waals surface area contributed by atoms with Gasteiger partial charge in [-0.3, -0.25) is 4.98 Å². The monoisotopic (exact) mass is 261 g/mol. The van der Waals surface area contributed by atoms with Crippen LogP contribution in [-0.2, 0) is 0 Å². The molecule has 2 fully saturated rings. The second-order valence-corrected chi connectivity index (χ2v) is 5.73. The van der Waals surface area contributed by atoms with Gasteiger partial charge in [-0.1, -0.05) is 12.8 Å². The van der Waals surface area contributed by atoms with E-state index in [0.29, 0.717) is 11.8 Å². The lowest BCUT2D eigenvalue weighted by Crippen LogP contribution is -2.30. The summed E-state index contributed by atoms with van der Waals surface area (Å²) >= 11 is 0. The van der Waals surface area contributed by atoms with Crippen molar-refractivity contribution in [1.82, 2.24) is 15.3 Å². The number of hydrogen-bond donors (Lipinski definition) is 1. The maximum Gasteiger partial charge on any atom is 0.235 e. The summed E-state index contributed by atoms with van der Waals surface area (Å²) in [5, 5.41) is 3.39. The molecule has 0 spiro atoms. The molecular weight excluding hydrogens is 238 g/mol. The average Bonchev–Trinajstić information content (AvgIpc) is 3.01. The van der Waals surface area contributed by atoms with E-state index in [1.165, 1.54) is 38.5 Å². The van der Waals surface area contributed by atoms with E-state index in [1.54, 1.807) is 12.4 Å². The van der Waals surface area contributed by atoms with E-state index in [9.17, 15) is 0 Å². The summed E-state index contributed by atoms with van der Waals surface area (Å²) in [5.74, 6) is 2.02. The van der Waals surface area contributed by atoms with Gasteiger partial charge in [0.2, 0.25) is 5.88 Å². The highest BCUT2D eigenvalue weighted by Gasteiger charge is 2.23. The van der Waals surface area contributed by atoms with E-state index < -0.39 is 0 Å². The van der Waals surface area contributed by atoms with Gasteiger partial charge < -0.3 is 10.1 Å². The number of nitrogens with zero attached hydrogens (tertiary/aromatic N) is 2. The van der Waals surface area contributed by atoms with Gasteiger partial charge in [-0.2, -0.15) is 0 Å². The number of nitrogens with one attached hydrogen (secondary N) is 1. The van der Waals surface area contributed by atoms with Gasteiger partial charge in [-0.05, 0) is 44.7 Å². The highest BCUT2D eigenvalue weighted by atomic mass is 16.5. The van der Waals surface area contributed by atoms with Crippen LogP contribution in [0.3, 0.4) is 0 Å². The van der Waals surface area contributed by atoms with E-state index in [0.717, 1.165) is 31.3 Å². The van der Waals surface area contributed by atoms with Gasteiger partial charge >= 0.3 is 0 Å². The molecule has 1 aromatic rings. The second-order valence-electron chi connectivity index (χ2n) is 5.73. The lowest BCUT2D eigenvalue weighted by atomic mass is 9.99. The smallest absolute Gasteiger partial charge is 0.235 e. The van der Waals surface area contributed by atoms with Crippen LogP contribution in [0.1, 0.15) is 50.1 Å². The van der Waals surface area contributed by atoms with Crippen LogP contribution >= 0.6 is 0 Å². The Bertz CT molecular complexity index is 398. The second kappa shape index (κ2) is 6.33. The SMILES string of the molecule is c1cnc(C2CCCC2)c(OCC2CCNCC2)n1. The summed E-state index contributed by atoms with van der Waals surface area (Å²) in [6.45, 7) is 3.02. The Labute approximate surface area is 115 Å². The molecule has 1 saturated heterocycles. The number of rotatable bonds is 4. The fraction of sp³-hybridized carbons (Fsp3) is 0.733. The van der Waals surface area contributed by atoms with Gasteiger partial charge in [-0.25, -0.2) is 4.98 Å². The largest absolute Gasteiger partial charge is 0.476 e. The summed E-state index contributed by atoms with van der Waals surface area (Å²) in [5.41, 5.74) is 1.09. The van der Waals surface area contributed by atoms with Gasteiger partial charge in [0.25, 0.3) is 0 Å². The summed E-state index contributed by atoms with van der Waals surface area (Å²) in [6.07, 6.45) is 11.1. The van der Waals surface area contributed by atoms with Gasteiger partial charge in [0.05, 0.1) is 6.61 Å². The first-order valence-corrected chi connectivity index (χ1v) is 7.58. The van der Waals surface area contributed by atoms with Crippen molar-refractivity contribution in [1.29, 1.82) is 0 Å². The van der Waals surface area contributed by atoms with Gasteiger partial charge in [-0.15, -0.1) is 0 Å². The molecular formula is C15H23N3O. The Kier molecular flexibility index (Phi) is 4.28. The normalized spacial score (nSPS) is 21.7. The minimum absolute atomic E-state index is 0.566. The number of hydrogen-bond acceptors (Lipinski definition) is 4. The van der Waals surface area contributed by atoms with Crippen LogP contribution in [0, 0.1) is 5.92 Å². The van der Waals surface area contributed by atoms with Crippen LogP contribution in [-0.4, -0.2) is 29.7 Å². The molecule has 2 aliphatic rings. The van der Waals surface area contributed by atoms with Crippen LogP contribution in [0.5, 0.6) is 5.88 Å². The van der Waals surface area contributed by atoms with Gasteiger partial charge in [0.15, 0.2) is 0 Å². The van der Waals surface area contributed by atoms with Crippen molar-refractivity contribution in [3.63, 3.8) is 0 Å². The van der Waals surface area contributed by atoms with E-state index in [2.05, 4.69) is 15.3 Å². The van der Waals surface area contributed by atoms with Crippen molar-refractivity contribution in [3.8, 4) is 5.88 Å². The van der Waals surface area contributed by atoms with Crippen LogP contribution in [0.2, 0.25) is 0 Å². The standard InChI is InChI=1S/C15H23N3O/c1-2-4-13(3-1)14-15(18-10-9-17-14)19-11-12-5-7-16-8-6-12/h9-10,12-13,16H,1-8,11H2. The molecule has 0 unspecified atom stereocenters. The molecule has 4 nitrogen and oxygen atoms in total. The van der Waals surface area contributed by atoms with E-state index in [4.69, 9.17) is 4.74 Å². The fourth-order valence-electron chi connectivity index (χ4n) is 3.17. The highest BCUT2D eigenvalue weighted by molar-refractivity contribution is 5.22. The van der Waals surface area contributed by atoms with Crippen LogP contribution in [0.4, 0.5) is 0 Å². The molecule has 0 radical (unpaired) electrons. The molecule has 0 amide bonds. The summed E-state index contributed by atoms with van der Waals surface area (Å²) < 4.78 is 5.99. The number of ether oxygens (including phenoxy) is 1. The van der Waals surface area contributed by atoms with Crippen molar-refractivity contribution in [2.75, 3.05) is 19.7 Å². The maximum absolute atomic E-state index is 5.99. The third kappa shape index (κ3) is 3.24.